The molecule has 0 spiro atoms. The van der Waals surface area contributed by atoms with E-state index in [9.17, 15) is 18.4 Å². The van der Waals surface area contributed by atoms with Crippen LogP contribution in [0.4, 0.5) is 8.78 Å². The number of hydrogen-bond acceptors (Lipinski definition) is 4. The molecule has 1 atom stereocenters. The monoisotopic (exact) mass is 423 g/mol. The topological polar surface area (TPSA) is 88.0 Å². The smallest absolute Gasteiger partial charge is 0.287 e. The normalized spacial score (nSPS) is 12.1. The van der Waals surface area contributed by atoms with E-state index < -0.39 is 23.6 Å². The molecule has 2 heterocycles. The Balaban J connectivity index is 1.69. The van der Waals surface area contributed by atoms with Crippen molar-refractivity contribution in [3.05, 3.63) is 98.9 Å². The van der Waals surface area contributed by atoms with Crippen molar-refractivity contribution in [2.75, 3.05) is 0 Å². The van der Waals surface area contributed by atoms with Crippen molar-refractivity contribution >= 4 is 16.9 Å². The number of nitrogens with zero attached hydrogens (tertiary/aromatic N) is 1. The number of fused-ring (bicyclic) bond motifs is 1. The highest BCUT2D eigenvalue weighted by molar-refractivity contribution is 5.99. The second-order valence-electron chi connectivity index (χ2n) is 7.28. The molecule has 4 aromatic rings. The average Bonchev–Trinajstić information content (AvgIpc) is 3.05. The minimum atomic E-state index is -0.626. The number of aromatic nitrogens is 2. The van der Waals surface area contributed by atoms with Gasteiger partial charge in [0.25, 0.3) is 11.5 Å². The zero-order valence-electron chi connectivity index (χ0n) is 16.8. The summed E-state index contributed by atoms with van der Waals surface area (Å²) >= 11 is 0. The molecule has 0 aliphatic rings. The van der Waals surface area contributed by atoms with Gasteiger partial charge in [0.1, 0.15) is 11.6 Å². The van der Waals surface area contributed by atoms with Crippen LogP contribution in [0.2, 0.25) is 0 Å². The molecule has 0 fully saturated rings. The molecular formula is C23H19F2N3O3. The number of aryl methyl sites for hydroxylation is 2. The predicted molar refractivity (Wildman–Crippen MR) is 111 cm³/mol. The minimum Gasteiger partial charge on any atom is -0.448 e. The fraction of sp³-hybridized carbons (Fsp3) is 0.174. The van der Waals surface area contributed by atoms with Gasteiger partial charge in [-0.15, -0.1) is 0 Å². The SMILES string of the molecule is Cc1nc(C[C@H](NC(=O)c2oc3c(F)cccc3c2C)c2ccc(F)cc2)cc(=O)[nH]1. The van der Waals surface area contributed by atoms with Crippen molar-refractivity contribution in [2.45, 2.75) is 26.3 Å². The van der Waals surface area contributed by atoms with Gasteiger partial charge >= 0.3 is 0 Å². The molecule has 2 N–H and O–H groups in total. The summed E-state index contributed by atoms with van der Waals surface area (Å²) in [5.41, 5.74) is 1.29. The first-order valence-corrected chi connectivity index (χ1v) is 9.62. The maximum Gasteiger partial charge on any atom is 0.287 e. The lowest BCUT2D eigenvalue weighted by Gasteiger charge is -2.19. The third kappa shape index (κ3) is 4.23. The third-order valence-electron chi connectivity index (χ3n) is 5.03. The van der Waals surface area contributed by atoms with Gasteiger partial charge in [0.05, 0.1) is 11.7 Å². The number of benzene rings is 2. The van der Waals surface area contributed by atoms with E-state index in [-0.39, 0.29) is 23.3 Å². The molecular weight excluding hydrogens is 404 g/mol. The summed E-state index contributed by atoms with van der Waals surface area (Å²) < 4.78 is 33.0. The maximum atomic E-state index is 14.1. The Kier molecular flexibility index (Phi) is 5.37. The highest BCUT2D eigenvalue weighted by Gasteiger charge is 2.23. The van der Waals surface area contributed by atoms with E-state index in [0.717, 1.165) is 0 Å². The fourth-order valence-electron chi connectivity index (χ4n) is 3.55. The molecule has 158 valence electrons. The summed E-state index contributed by atoms with van der Waals surface area (Å²) in [5.74, 6) is -1.10. The zero-order chi connectivity index (χ0) is 22.1. The van der Waals surface area contributed by atoms with Gasteiger partial charge in [-0.05, 0) is 37.6 Å². The van der Waals surface area contributed by atoms with Gasteiger partial charge in [0.15, 0.2) is 17.2 Å². The van der Waals surface area contributed by atoms with E-state index >= 15 is 0 Å². The Hall–Kier alpha value is -3.81. The molecule has 2 aromatic carbocycles. The fourth-order valence-corrected chi connectivity index (χ4v) is 3.55. The van der Waals surface area contributed by atoms with Crippen LogP contribution in [0.3, 0.4) is 0 Å². The van der Waals surface area contributed by atoms with Gasteiger partial charge in [0.2, 0.25) is 0 Å². The Morgan fingerprint density at radius 1 is 1.16 bits per heavy atom. The van der Waals surface area contributed by atoms with Crippen LogP contribution in [0.15, 0.2) is 57.7 Å². The average molecular weight is 423 g/mol. The van der Waals surface area contributed by atoms with Gasteiger partial charge < -0.3 is 14.7 Å². The number of carbonyl (C=O) groups is 1. The molecule has 31 heavy (non-hydrogen) atoms. The van der Waals surface area contributed by atoms with E-state index in [2.05, 4.69) is 15.3 Å². The first-order valence-electron chi connectivity index (χ1n) is 9.62. The molecule has 8 heteroatoms. The first kappa shape index (κ1) is 20.5. The van der Waals surface area contributed by atoms with Crippen molar-refractivity contribution in [3.8, 4) is 0 Å². The Bertz CT molecular complexity index is 1330. The molecule has 6 nitrogen and oxygen atoms in total. The second kappa shape index (κ2) is 8.14. The Morgan fingerprint density at radius 3 is 2.58 bits per heavy atom. The van der Waals surface area contributed by atoms with E-state index in [4.69, 9.17) is 4.42 Å². The molecule has 0 radical (unpaired) electrons. The van der Waals surface area contributed by atoms with E-state index in [1.165, 1.54) is 24.3 Å². The lowest BCUT2D eigenvalue weighted by Crippen LogP contribution is -2.30. The minimum absolute atomic E-state index is 0.00960. The van der Waals surface area contributed by atoms with E-state index in [1.807, 2.05) is 0 Å². The van der Waals surface area contributed by atoms with Crippen molar-refractivity contribution in [3.63, 3.8) is 0 Å². The second-order valence-corrected chi connectivity index (χ2v) is 7.28. The van der Waals surface area contributed by atoms with Crippen LogP contribution in [-0.2, 0) is 6.42 Å². The van der Waals surface area contributed by atoms with Crippen molar-refractivity contribution in [1.82, 2.24) is 15.3 Å². The van der Waals surface area contributed by atoms with E-state index in [1.54, 1.807) is 38.1 Å². The number of H-pyrrole nitrogens is 1. The van der Waals surface area contributed by atoms with Crippen molar-refractivity contribution < 1.29 is 18.0 Å². The molecule has 0 aliphatic heterocycles. The number of para-hydroxylation sites is 1. The largest absolute Gasteiger partial charge is 0.448 e. The molecule has 0 unspecified atom stereocenters. The predicted octanol–water partition coefficient (Wildman–Crippen LogP) is 4.12. The van der Waals surface area contributed by atoms with Gasteiger partial charge in [-0.3, -0.25) is 9.59 Å². The summed E-state index contributed by atoms with van der Waals surface area (Å²) in [6.07, 6.45) is 0.190. The molecule has 4 rings (SSSR count). The highest BCUT2D eigenvalue weighted by atomic mass is 19.1. The highest BCUT2D eigenvalue weighted by Crippen LogP contribution is 2.28. The molecule has 0 bridgehead atoms. The van der Waals surface area contributed by atoms with Crippen LogP contribution in [0.25, 0.3) is 11.0 Å². The Morgan fingerprint density at radius 2 is 1.90 bits per heavy atom. The molecule has 2 aromatic heterocycles. The van der Waals surface area contributed by atoms with Crippen LogP contribution >= 0.6 is 0 Å². The summed E-state index contributed by atoms with van der Waals surface area (Å²) in [6, 6.07) is 10.9. The van der Waals surface area contributed by atoms with Crippen LogP contribution in [0, 0.1) is 25.5 Å². The number of hydrogen-bond donors (Lipinski definition) is 2. The first-order chi connectivity index (χ1) is 14.8. The molecule has 0 aliphatic carbocycles. The van der Waals surface area contributed by atoms with Crippen LogP contribution in [0.1, 0.15) is 39.2 Å². The summed E-state index contributed by atoms with van der Waals surface area (Å²) in [5, 5.41) is 3.36. The summed E-state index contributed by atoms with van der Waals surface area (Å²) in [4.78, 5) is 31.7. The number of halogens is 2. The van der Waals surface area contributed by atoms with Crippen molar-refractivity contribution in [2.24, 2.45) is 0 Å². The zero-order valence-corrected chi connectivity index (χ0v) is 16.8. The molecule has 1 amide bonds. The quantitative estimate of drug-likeness (QED) is 0.505. The van der Waals surface area contributed by atoms with Crippen LogP contribution in [-0.4, -0.2) is 15.9 Å². The van der Waals surface area contributed by atoms with E-state index in [0.29, 0.717) is 28.0 Å². The lowest BCUT2D eigenvalue weighted by molar-refractivity contribution is 0.0909. The number of rotatable bonds is 5. The lowest BCUT2D eigenvalue weighted by atomic mass is 10.0. The third-order valence-corrected chi connectivity index (χ3v) is 5.03. The summed E-state index contributed by atoms with van der Waals surface area (Å²) in [6.45, 7) is 3.33. The van der Waals surface area contributed by atoms with Crippen molar-refractivity contribution in [1.29, 1.82) is 0 Å². The molecule has 0 saturated heterocycles. The number of carbonyl (C=O) groups excluding carboxylic acids is 1. The number of amides is 1. The van der Waals surface area contributed by atoms with Crippen LogP contribution < -0.4 is 10.9 Å². The van der Waals surface area contributed by atoms with Gasteiger partial charge in [-0.25, -0.2) is 13.8 Å². The maximum absolute atomic E-state index is 14.1. The van der Waals surface area contributed by atoms with Gasteiger partial charge in [-0.1, -0.05) is 24.3 Å². The number of aromatic amines is 1. The summed E-state index contributed by atoms with van der Waals surface area (Å²) in [7, 11) is 0. The van der Waals surface area contributed by atoms with Gasteiger partial charge in [0, 0.05) is 23.4 Å². The standard InChI is InChI=1S/C23H19F2N3O3/c1-12-17-4-3-5-18(25)22(17)31-21(12)23(30)28-19(14-6-8-15(24)9-7-14)10-16-11-20(29)27-13(2)26-16/h3-9,11,19H,10H2,1-2H3,(H,28,30)(H,26,27,29)/t19-/m0/s1. The van der Waals surface area contributed by atoms with Gasteiger partial charge in [-0.2, -0.15) is 0 Å². The molecule has 0 saturated carbocycles. The number of nitrogens with one attached hydrogen (secondary N) is 2. The number of furan rings is 1. The Labute approximate surface area is 175 Å². The van der Waals surface area contributed by atoms with Crippen LogP contribution in [0.5, 0.6) is 0 Å².